The van der Waals surface area contributed by atoms with Gasteiger partial charge in [0.25, 0.3) is 0 Å². The first kappa shape index (κ1) is 11.0. The van der Waals surface area contributed by atoms with Crippen molar-refractivity contribution >= 4 is 29.1 Å². The number of halogens is 1. The Bertz CT molecular complexity index is 339. The number of rotatable bonds is 2. The molecule has 1 heterocycles. The zero-order valence-electron chi connectivity index (χ0n) is 8.37. The van der Waals surface area contributed by atoms with E-state index in [2.05, 4.69) is 5.32 Å². The van der Waals surface area contributed by atoms with Gasteiger partial charge in [-0.2, -0.15) is 11.8 Å². The summed E-state index contributed by atoms with van der Waals surface area (Å²) < 4.78 is 0. The number of hydrogen-bond acceptors (Lipinski definition) is 3. The summed E-state index contributed by atoms with van der Waals surface area (Å²) in [5.41, 5.74) is 0.991. The zero-order valence-corrected chi connectivity index (χ0v) is 9.94. The van der Waals surface area contributed by atoms with Crippen molar-refractivity contribution in [2.75, 3.05) is 16.8 Å². The third-order valence-electron chi connectivity index (χ3n) is 2.48. The topological polar surface area (TPSA) is 32.3 Å². The van der Waals surface area contributed by atoms with Crippen LogP contribution in [0.5, 0.6) is 5.75 Å². The Balaban J connectivity index is 2.00. The Kier molecular flexibility index (Phi) is 3.65. The van der Waals surface area contributed by atoms with Crippen molar-refractivity contribution in [1.29, 1.82) is 0 Å². The van der Waals surface area contributed by atoms with Gasteiger partial charge < -0.3 is 10.4 Å². The average Bonchev–Trinajstić information content (AvgIpc) is 2.25. The molecule has 1 aliphatic rings. The van der Waals surface area contributed by atoms with Crippen LogP contribution in [0.1, 0.15) is 12.8 Å². The number of aromatic hydroxyl groups is 1. The second-order valence-electron chi connectivity index (χ2n) is 3.72. The SMILES string of the molecule is Oc1ccc(NC2CCCSC2)cc1Cl. The van der Waals surface area contributed by atoms with E-state index in [1.54, 1.807) is 12.1 Å². The highest BCUT2D eigenvalue weighted by Crippen LogP contribution is 2.28. The Labute approximate surface area is 99.0 Å². The van der Waals surface area contributed by atoms with E-state index in [9.17, 15) is 5.11 Å². The maximum atomic E-state index is 9.29. The molecular formula is C11H14ClNOS. The number of phenolic OH excluding ortho intramolecular Hbond substituents is 1. The maximum Gasteiger partial charge on any atom is 0.134 e. The molecule has 1 aromatic rings. The van der Waals surface area contributed by atoms with E-state index in [1.807, 2.05) is 17.8 Å². The molecule has 1 atom stereocenters. The fraction of sp³-hybridized carbons (Fsp3) is 0.455. The minimum Gasteiger partial charge on any atom is -0.506 e. The van der Waals surface area contributed by atoms with Gasteiger partial charge in [0, 0.05) is 17.5 Å². The van der Waals surface area contributed by atoms with E-state index in [0.717, 1.165) is 11.4 Å². The summed E-state index contributed by atoms with van der Waals surface area (Å²) in [7, 11) is 0. The van der Waals surface area contributed by atoms with Gasteiger partial charge in [0.2, 0.25) is 0 Å². The van der Waals surface area contributed by atoms with Crippen LogP contribution >= 0.6 is 23.4 Å². The highest BCUT2D eigenvalue weighted by molar-refractivity contribution is 7.99. The molecule has 1 saturated heterocycles. The third kappa shape index (κ3) is 2.95. The molecule has 0 amide bonds. The Morgan fingerprint density at radius 3 is 3.00 bits per heavy atom. The van der Waals surface area contributed by atoms with Crippen molar-refractivity contribution in [3.05, 3.63) is 23.2 Å². The maximum absolute atomic E-state index is 9.29. The summed E-state index contributed by atoms with van der Waals surface area (Å²) in [6, 6.07) is 5.79. The van der Waals surface area contributed by atoms with E-state index >= 15 is 0 Å². The molecule has 0 aromatic heterocycles. The normalized spacial score (nSPS) is 21.3. The van der Waals surface area contributed by atoms with Crippen molar-refractivity contribution < 1.29 is 5.11 Å². The first-order valence-electron chi connectivity index (χ1n) is 5.08. The molecule has 2 nitrogen and oxygen atoms in total. The van der Waals surface area contributed by atoms with Gasteiger partial charge >= 0.3 is 0 Å². The molecule has 1 aromatic carbocycles. The number of anilines is 1. The molecule has 2 N–H and O–H groups in total. The first-order valence-corrected chi connectivity index (χ1v) is 6.62. The van der Waals surface area contributed by atoms with Gasteiger partial charge in [0.1, 0.15) is 5.75 Å². The van der Waals surface area contributed by atoms with Gasteiger partial charge in [0.05, 0.1) is 5.02 Å². The van der Waals surface area contributed by atoms with Crippen LogP contribution in [-0.2, 0) is 0 Å². The van der Waals surface area contributed by atoms with Gasteiger partial charge in [-0.1, -0.05) is 11.6 Å². The van der Waals surface area contributed by atoms with Crippen LogP contribution in [-0.4, -0.2) is 22.7 Å². The van der Waals surface area contributed by atoms with E-state index in [-0.39, 0.29) is 5.75 Å². The van der Waals surface area contributed by atoms with E-state index in [1.165, 1.54) is 18.6 Å². The summed E-state index contributed by atoms with van der Waals surface area (Å²) in [6.45, 7) is 0. The van der Waals surface area contributed by atoms with E-state index < -0.39 is 0 Å². The smallest absolute Gasteiger partial charge is 0.134 e. The van der Waals surface area contributed by atoms with Crippen LogP contribution in [0, 0.1) is 0 Å². The number of hydrogen-bond donors (Lipinski definition) is 2. The fourth-order valence-electron chi connectivity index (χ4n) is 1.69. The minimum absolute atomic E-state index is 0.139. The highest BCUT2D eigenvalue weighted by atomic mass is 35.5. The standard InChI is InChI=1S/C11H14ClNOS/c12-10-6-8(3-4-11(10)14)13-9-2-1-5-15-7-9/h3-4,6,9,13-14H,1-2,5,7H2. The van der Waals surface area contributed by atoms with Crippen molar-refractivity contribution in [3.63, 3.8) is 0 Å². The largest absolute Gasteiger partial charge is 0.506 e. The molecule has 15 heavy (non-hydrogen) atoms. The van der Waals surface area contributed by atoms with E-state index in [0.29, 0.717) is 11.1 Å². The number of thioether (sulfide) groups is 1. The molecule has 1 fully saturated rings. The predicted molar refractivity (Wildman–Crippen MR) is 67.1 cm³/mol. The second-order valence-corrected chi connectivity index (χ2v) is 5.28. The monoisotopic (exact) mass is 243 g/mol. The molecule has 1 unspecified atom stereocenters. The predicted octanol–water partition coefficient (Wildman–Crippen LogP) is 3.35. The molecule has 0 aliphatic carbocycles. The number of phenols is 1. The highest BCUT2D eigenvalue weighted by Gasteiger charge is 2.13. The lowest BCUT2D eigenvalue weighted by molar-refractivity contribution is 0.475. The molecule has 0 spiro atoms. The fourth-order valence-corrected chi connectivity index (χ4v) is 2.94. The van der Waals surface area contributed by atoms with Crippen LogP contribution in [0.2, 0.25) is 5.02 Å². The van der Waals surface area contributed by atoms with Gasteiger partial charge in [-0.25, -0.2) is 0 Å². The molecule has 0 radical (unpaired) electrons. The summed E-state index contributed by atoms with van der Waals surface area (Å²) in [5.74, 6) is 2.56. The Hall–Kier alpha value is -0.540. The molecule has 4 heteroatoms. The summed E-state index contributed by atoms with van der Waals surface area (Å²) >= 11 is 7.82. The van der Waals surface area contributed by atoms with Gasteiger partial charge in [-0.3, -0.25) is 0 Å². The van der Waals surface area contributed by atoms with Crippen LogP contribution in [0.25, 0.3) is 0 Å². The zero-order chi connectivity index (χ0) is 10.7. The molecule has 1 aliphatic heterocycles. The summed E-state index contributed by atoms with van der Waals surface area (Å²) in [4.78, 5) is 0. The molecule has 2 rings (SSSR count). The summed E-state index contributed by atoms with van der Waals surface area (Å²) in [6.07, 6.45) is 2.49. The lowest BCUT2D eigenvalue weighted by atomic mass is 10.1. The lowest BCUT2D eigenvalue weighted by Crippen LogP contribution is -2.25. The molecule has 82 valence electrons. The minimum atomic E-state index is 0.139. The van der Waals surface area contributed by atoms with Crippen molar-refractivity contribution in [2.24, 2.45) is 0 Å². The average molecular weight is 244 g/mol. The Morgan fingerprint density at radius 1 is 1.47 bits per heavy atom. The second kappa shape index (κ2) is 4.99. The van der Waals surface area contributed by atoms with Gasteiger partial charge in [-0.05, 0) is 36.8 Å². The Morgan fingerprint density at radius 2 is 2.33 bits per heavy atom. The van der Waals surface area contributed by atoms with Crippen LogP contribution in [0.15, 0.2) is 18.2 Å². The van der Waals surface area contributed by atoms with Crippen LogP contribution in [0.4, 0.5) is 5.69 Å². The number of benzene rings is 1. The molecule has 0 saturated carbocycles. The van der Waals surface area contributed by atoms with Crippen LogP contribution < -0.4 is 5.32 Å². The lowest BCUT2D eigenvalue weighted by Gasteiger charge is -2.23. The third-order valence-corrected chi connectivity index (χ3v) is 4.00. The van der Waals surface area contributed by atoms with Gasteiger partial charge in [0.15, 0.2) is 0 Å². The first-order chi connectivity index (χ1) is 7.25. The van der Waals surface area contributed by atoms with Crippen LogP contribution in [0.3, 0.4) is 0 Å². The molecule has 0 bridgehead atoms. The van der Waals surface area contributed by atoms with Crippen molar-refractivity contribution in [3.8, 4) is 5.75 Å². The van der Waals surface area contributed by atoms with Gasteiger partial charge in [-0.15, -0.1) is 0 Å². The van der Waals surface area contributed by atoms with Crippen molar-refractivity contribution in [1.82, 2.24) is 0 Å². The number of nitrogens with one attached hydrogen (secondary N) is 1. The van der Waals surface area contributed by atoms with Crippen molar-refractivity contribution in [2.45, 2.75) is 18.9 Å². The van der Waals surface area contributed by atoms with E-state index in [4.69, 9.17) is 11.6 Å². The summed E-state index contributed by atoms with van der Waals surface area (Å²) in [5, 5.41) is 13.1. The quantitative estimate of drug-likeness (QED) is 0.782. The molecular weight excluding hydrogens is 230 g/mol.